The van der Waals surface area contributed by atoms with Crippen LogP contribution < -0.4 is 10.2 Å². The molecule has 5 N–H and O–H groups in total. The van der Waals surface area contributed by atoms with Crippen molar-refractivity contribution in [2.75, 3.05) is 31.7 Å². The molecule has 196 valence electrons. The minimum absolute atomic E-state index is 0.0510. The number of piperidine rings is 1. The van der Waals surface area contributed by atoms with Crippen molar-refractivity contribution in [2.24, 2.45) is 0 Å². The van der Waals surface area contributed by atoms with Gasteiger partial charge in [0.2, 0.25) is 11.0 Å². The molecule has 2 aromatic heterocycles. The van der Waals surface area contributed by atoms with Crippen molar-refractivity contribution in [1.29, 1.82) is 0 Å². The summed E-state index contributed by atoms with van der Waals surface area (Å²) in [6, 6.07) is -0.409. The van der Waals surface area contributed by atoms with Crippen LogP contribution in [-0.4, -0.2) is 84.6 Å². The summed E-state index contributed by atoms with van der Waals surface area (Å²) >= 11 is 7.40. The first-order chi connectivity index (χ1) is 16.4. The largest absolute Gasteiger partial charge is 0.471 e. The van der Waals surface area contributed by atoms with E-state index in [-0.39, 0.29) is 16.0 Å². The minimum Gasteiger partial charge on any atom is -0.393 e. The molecular weight excluding hydrogens is 527 g/mol. The van der Waals surface area contributed by atoms with E-state index in [2.05, 4.69) is 25.0 Å². The number of phosphoric acid groups is 1. The Morgan fingerprint density at radius 3 is 2.71 bits per heavy atom. The summed E-state index contributed by atoms with van der Waals surface area (Å²) in [6.45, 7) is 2.95. The Bertz CT molecular complexity index is 1090. The lowest BCUT2D eigenvalue weighted by atomic mass is 10.0. The molecule has 3 rings (SSSR count). The molecule has 1 saturated heterocycles. The highest BCUT2D eigenvalue weighted by Gasteiger charge is 2.35. The van der Waals surface area contributed by atoms with Crippen LogP contribution in [0.5, 0.6) is 0 Å². The van der Waals surface area contributed by atoms with E-state index in [9.17, 15) is 19.6 Å². The van der Waals surface area contributed by atoms with Crippen molar-refractivity contribution in [3.05, 3.63) is 21.7 Å². The Kier molecular flexibility index (Phi) is 8.89. The number of anilines is 1. The highest BCUT2D eigenvalue weighted by Crippen LogP contribution is 2.37. The number of rotatable bonds is 10. The maximum absolute atomic E-state index is 13.1. The lowest BCUT2D eigenvalue weighted by molar-refractivity contribution is -0.00294. The molecule has 0 saturated carbocycles. The number of carbonyl (C=O) groups excluding carboxylic acids is 1. The van der Waals surface area contributed by atoms with Crippen molar-refractivity contribution in [3.63, 3.8) is 0 Å². The zero-order valence-electron chi connectivity index (χ0n) is 19.3. The standard InChI is InChI=1S/C18H28ClN6O8PS/c1-4-10-13(19)25(9-33-34(29,30)31)14(20-10)15(27)21-11-5-6-24(7-12(11)32-3)17-23-22-16(35-17)18(2,28)8-26/h11-12,26,28H,4-9H2,1-3H3,(H,21,27)(H2,29,30,31)/t11-,12+,18?/m1/s1. The zero-order valence-corrected chi connectivity index (χ0v) is 21.8. The molecule has 0 spiro atoms. The summed E-state index contributed by atoms with van der Waals surface area (Å²) in [7, 11) is -3.29. The van der Waals surface area contributed by atoms with Gasteiger partial charge in [-0.25, -0.2) is 9.55 Å². The summed E-state index contributed by atoms with van der Waals surface area (Å²) in [5.74, 6) is -0.740. The summed E-state index contributed by atoms with van der Waals surface area (Å²) in [4.78, 5) is 37.2. The number of aryl methyl sites for hydroxylation is 1. The molecule has 1 fully saturated rings. The van der Waals surface area contributed by atoms with E-state index < -0.39 is 44.8 Å². The highest BCUT2D eigenvalue weighted by molar-refractivity contribution is 7.46. The number of hydrogen-bond acceptors (Lipinski definition) is 11. The number of aliphatic hydroxyl groups is 2. The number of ether oxygens (including phenoxy) is 1. The zero-order chi connectivity index (χ0) is 26.0. The van der Waals surface area contributed by atoms with Gasteiger partial charge in [-0.2, -0.15) is 0 Å². The Balaban J connectivity index is 1.72. The van der Waals surface area contributed by atoms with Gasteiger partial charge >= 0.3 is 7.82 Å². The number of methoxy groups -OCH3 is 1. The molecule has 14 nitrogen and oxygen atoms in total. The van der Waals surface area contributed by atoms with E-state index in [1.165, 1.54) is 14.0 Å². The summed E-state index contributed by atoms with van der Waals surface area (Å²) in [6.07, 6.45) is 0.437. The van der Waals surface area contributed by atoms with Crippen LogP contribution in [-0.2, 0) is 32.6 Å². The molecule has 0 radical (unpaired) electrons. The molecule has 1 unspecified atom stereocenters. The van der Waals surface area contributed by atoms with Gasteiger partial charge < -0.3 is 35.0 Å². The van der Waals surface area contributed by atoms with E-state index in [0.717, 1.165) is 15.9 Å². The van der Waals surface area contributed by atoms with E-state index in [1.807, 2.05) is 4.90 Å². The second-order valence-electron chi connectivity index (χ2n) is 8.11. The number of amides is 1. The molecule has 0 aromatic carbocycles. The maximum atomic E-state index is 13.1. The predicted molar refractivity (Wildman–Crippen MR) is 125 cm³/mol. The number of carbonyl (C=O) groups is 1. The SMILES string of the molecule is CCc1nc(C(=O)N[C@@H]2CCN(c3nnc(C(C)(O)CO)s3)C[C@@H]2OC)n(COP(=O)(O)O)c1Cl. The molecular formula is C18H28ClN6O8PS. The summed E-state index contributed by atoms with van der Waals surface area (Å²) in [5, 5.41) is 31.4. The van der Waals surface area contributed by atoms with Gasteiger partial charge in [0.15, 0.2) is 5.01 Å². The third-order valence-corrected chi connectivity index (χ3v) is 7.61. The number of aliphatic hydroxyl groups excluding tert-OH is 1. The smallest absolute Gasteiger partial charge is 0.393 e. The third-order valence-electron chi connectivity index (χ3n) is 5.50. The summed E-state index contributed by atoms with van der Waals surface area (Å²) in [5.41, 5.74) is -1.11. The van der Waals surface area contributed by atoms with Crippen LogP contribution in [0.3, 0.4) is 0 Å². The van der Waals surface area contributed by atoms with Gasteiger partial charge in [-0.15, -0.1) is 10.2 Å². The van der Waals surface area contributed by atoms with Gasteiger partial charge in [0, 0.05) is 20.2 Å². The molecule has 0 aliphatic carbocycles. The number of phosphoric ester groups is 1. The van der Waals surface area contributed by atoms with Crippen molar-refractivity contribution in [1.82, 2.24) is 25.1 Å². The lowest BCUT2D eigenvalue weighted by Gasteiger charge is -2.37. The second kappa shape index (κ2) is 11.2. The fraction of sp³-hybridized carbons (Fsp3) is 0.667. The molecule has 0 bridgehead atoms. The third kappa shape index (κ3) is 6.56. The van der Waals surface area contributed by atoms with Gasteiger partial charge in [-0.3, -0.25) is 13.9 Å². The van der Waals surface area contributed by atoms with Gasteiger partial charge in [0.1, 0.15) is 17.5 Å². The fourth-order valence-electron chi connectivity index (χ4n) is 3.49. The minimum atomic E-state index is -4.80. The molecule has 1 aliphatic heterocycles. The lowest BCUT2D eigenvalue weighted by Crippen LogP contribution is -2.55. The Hall–Kier alpha value is -1.68. The van der Waals surface area contributed by atoms with Crippen molar-refractivity contribution in [3.8, 4) is 0 Å². The number of nitrogens with zero attached hydrogens (tertiary/aromatic N) is 5. The van der Waals surface area contributed by atoms with E-state index >= 15 is 0 Å². The van der Waals surface area contributed by atoms with Crippen LogP contribution in [0.15, 0.2) is 0 Å². The summed E-state index contributed by atoms with van der Waals surface area (Å²) < 4.78 is 22.3. The topological polar surface area (TPSA) is 192 Å². The number of hydrogen-bond donors (Lipinski definition) is 5. The van der Waals surface area contributed by atoms with Crippen molar-refractivity contribution in [2.45, 2.75) is 51.2 Å². The van der Waals surface area contributed by atoms with Gasteiger partial charge in [-0.05, 0) is 19.8 Å². The normalized spacial score (nSPS) is 20.6. The van der Waals surface area contributed by atoms with Crippen molar-refractivity contribution < 1.29 is 38.6 Å². The van der Waals surface area contributed by atoms with E-state index in [1.54, 1.807) is 6.92 Å². The Morgan fingerprint density at radius 1 is 1.40 bits per heavy atom. The molecule has 2 aromatic rings. The number of halogens is 1. The monoisotopic (exact) mass is 554 g/mol. The fourth-order valence-corrected chi connectivity index (χ4v) is 4.97. The number of imidazole rings is 1. The second-order valence-corrected chi connectivity index (χ2v) is 10.7. The molecule has 3 atom stereocenters. The molecule has 17 heteroatoms. The van der Waals surface area contributed by atoms with Crippen LogP contribution in [0.4, 0.5) is 5.13 Å². The Morgan fingerprint density at radius 2 is 2.11 bits per heavy atom. The van der Waals surface area contributed by atoms with Crippen LogP contribution in [0, 0.1) is 0 Å². The van der Waals surface area contributed by atoms with Crippen LogP contribution in [0.1, 0.15) is 41.6 Å². The van der Waals surface area contributed by atoms with Crippen molar-refractivity contribution >= 4 is 41.8 Å². The Labute approximate surface area is 210 Å². The van der Waals surface area contributed by atoms with Gasteiger partial charge in [0.05, 0.1) is 24.4 Å². The number of aromatic nitrogens is 4. The first-order valence-corrected chi connectivity index (χ1v) is 13.3. The average molecular weight is 555 g/mol. The maximum Gasteiger partial charge on any atom is 0.471 e. The van der Waals surface area contributed by atoms with Gasteiger partial charge in [0.25, 0.3) is 5.91 Å². The van der Waals surface area contributed by atoms with E-state index in [4.69, 9.17) is 26.1 Å². The molecule has 1 aliphatic rings. The molecule has 3 heterocycles. The van der Waals surface area contributed by atoms with Gasteiger partial charge in [-0.1, -0.05) is 29.9 Å². The van der Waals surface area contributed by atoms with Crippen LogP contribution in [0.25, 0.3) is 0 Å². The molecule has 1 amide bonds. The van der Waals surface area contributed by atoms with Crippen LogP contribution in [0.2, 0.25) is 5.15 Å². The number of nitrogens with one attached hydrogen (secondary N) is 1. The first-order valence-electron chi connectivity index (χ1n) is 10.6. The molecule has 35 heavy (non-hydrogen) atoms. The quantitative estimate of drug-likeness (QED) is 0.252. The predicted octanol–water partition coefficient (Wildman–Crippen LogP) is 0.241. The average Bonchev–Trinajstić information content (AvgIpc) is 3.43. The van der Waals surface area contributed by atoms with Crippen LogP contribution >= 0.6 is 30.8 Å². The first kappa shape index (κ1) is 27.9. The van der Waals surface area contributed by atoms with E-state index in [0.29, 0.717) is 36.8 Å². The highest BCUT2D eigenvalue weighted by atomic mass is 35.5.